The molecule has 0 aromatic heterocycles. The maximum absolute atomic E-state index is 12.4. The third kappa shape index (κ3) is 7.97. The van der Waals surface area contributed by atoms with Gasteiger partial charge in [-0.1, -0.05) is 112 Å². The third-order valence-electron chi connectivity index (χ3n) is 7.74. The zero-order chi connectivity index (χ0) is 28.6. The van der Waals surface area contributed by atoms with Crippen LogP contribution < -0.4 is 0 Å². The lowest BCUT2D eigenvalue weighted by Crippen LogP contribution is -2.63. The molecule has 0 amide bonds. The van der Waals surface area contributed by atoms with Crippen molar-refractivity contribution in [3.8, 4) is 0 Å². The fourth-order valence-electron chi connectivity index (χ4n) is 4.36. The monoisotopic (exact) mass is 562 g/mol. The first-order valence-electron chi connectivity index (χ1n) is 13.9. The molecule has 3 aromatic rings. The van der Waals surface area contributed by atoms with E-state index in [-0.39, 0.29) is 5.04 Å². The second-order valence-corrected chi connectivity index (χ2v) is 16.5. The van der Waals surface area contributed by atoms with Gasteiger partial charge in [0, 0.05) is 0 Å². The summed E-state index contributed by atoms with van der Waals surface area (Å²) < 4.78 is 32.7. The molecule has 0 bridgehead atoms. The van der Waals surface area contributed by atoms with Crippen LogP contribution in [0.2, 0.25) is 18.1 Å². The third-order valence-corrected chi connectivity index (χ3v) is 12.2. The SMILES string of the molecule is CC(C)(C)[Si](C)(C)O[C@@H]1O[C@H](C=O)[C@@H](OCc2ccccc2)[C@H](OCc2ccccc2)[C@H]1OCc1ccccc1. The highest BCUT2D eigenvalue weighted by Crippen LogP contribution is 2.40. The molecule has 0 saturated carbocycles. The molecule has 0 N–H and O–H groups in total. The van der Waals surface area contributed by atoms with E-state index in [4.69, 9.17) is 23.4 Å². The van der Waals surface area contributed by atoms with E-state index in [1.165, 1.54) is 0 Å². The first kappa shape index (κ1) is 30.3. The fraction of sp³-hybridized carbons (Fsp3) is 0.424. The number of rotatable bonds is 12. The van der Waals surface area contributed by atoms with Crippen molar-refractivity contribution in [2.75, 3.05) is 0 Å². The summed E-state index contributed by atoms with van der Waals surface area (Å²) in [5, 5.41) is -0.0714. The van der Waals surface area contributed by atoms with E-state index in [0.29, 0.717) is 19.8 Å². The average Bonchev–Trinajstić information content (AvgIpc) is 2.95. The van der Waals surface area contributed by atoms with Gasteiger partial charge in [-0.3, -0.25) is 0 Å². The topological polar surface area (TPSA) is 63.2 Å². The van der Waals surface area contributed by atoms with Crippen molar-refractivity contribution >= 4 is 14.6 Å². The first-order valence-corrected chi connectivity index (χ1v) is 16.8. The van der Waals surface area contributed by atoms with E-state index in [1.807, 2.05) is 91.0 Å². The van der Waals surface area contributed by atoms with Gasteiger partial charge in [-0.05, 0) is 34.8 Å². The molecular weight excluding hydrogens is 520 g/mol. The lowest BCUT2D eigenvalue weighted by atomic mass is 9.98. The van der Waals surface area contributed by atoms with Crippen LogP contribution >= 0.6 is 0 Å². The Morgan fingerprint density at radius 2 is 1.07 bits per heavy atom. The number of carbonyl (C=O) groups excluding carboxylic acids is 1. The molecule has 0 unspecified atom stereocenters. The smallest absolute Gasteiger partial charge is 0.195 e. The van der Waals surface area contributed by atoms with Gasteiger partial charge >= 0.3 is 0 Å². The molecule has 1 saturated heterocycles. The Kier molecular flexibility index (Phi) is 10.5. The predicted octanol–water partition coefficient (Wildman–Crippen LogP) is 6.69. The Labute approximate surface area is 239 Å². The van der Waals surface area contributed by atoms with Crippen LogP contribution in [0.25, 0.3) is 0 Å². The zero-order valence-corrected chi connectivity index (χ0v) is 25.2. The molecular formula is C33H42O6Si. The van der Waals surface area contributed by atoms with Gasteiger partial charge in [0.05, 0.1) is 19.8 Å². The van der Waals surface area contributed by atoms with Gasteiger partial charge < -0.3 is 28.2 Å². The van der Waals surface area contributed by atoms with Crippen LogP contribution in [0, 0.1) is 0 Å². The molecule has 0 aliphatic carbocycles. The van der Waals surface area contributed by atoms with Gasteiger partial charge in [0.15, 0.2) is 20.9 Å². The van der Waals surface area contributed by atoms with Crippen LogP contribution in [0.15, 0.2) is 91.0 Å². The zero-order valence-electron chi connectivity index (χ0n) is 24.2. The number of benzene rings is 3. The first-order chi connectivity index (χ1) is 19.2. The van der Waals surface area contributed by atoms with Gasteiger partial charge in [-0.25, -0.2) is 0 Å². The number of ether oxygens (including phenoxy) is 4. The molecule has 1 heterocycles. The van der Waals surface area contributed by atoms with Crippen LogP contribution in [-0.2, 0) is 48.0 Å². The Hall–Kier alpha value is -2.65. The summed E-state index contributed by atoms with van der Waals surface area (Å²) in [6.45, 7) is 11.8. The molecule has 0 radical (unpaired) electrons. The lowest BCUT2D eigenvalue weighted by Gasteiger charge is -2.48. The van der Waals surface area contributed by atoms with E-state index < -0.39 is 39.0 Å². The number of carbonyl (C=O) groups is 1. The van der Waals surface area contributed by atoms with Crippen LogP contribution in [0.5, 0.6) is 0 Å². The molecule has 3 aromatic carbocycles. The highest BCUT2D eigenvalue weighted by atomic mass is 28.4. The average molecular weight is 563 g/mol. The minimum atomic E-state index is -2.31. The summed E-state index contributed by atoms with van der Waals surface area (Å²) in [7, 11) is -2.31. The van der Waals surface area contributed by atoms with Crippen molar-refractivity contribution in [2.45, 2.75) is 89.4 Å². The molecule has 4 rings (SSSR count). The number of hydrogen-bond acceptors (Lipinski definition) is 6. The highest BCUT2D eigenvalue weighted by molar-refractivity contribution is 6.74. The Morgan fingerprint density at radius 3 is 1.48 bits per heavy atom. The van der Waals surface area contributed by atoms with Gasteiger partial charge in [0.25, 0.3) is 0 Å². The van der Waals surface area contributed by atoms with Gasteiger partial charge in [0.1, 0.15) is 24.4 Å². The largest absolute Gasteiger partial charge is 0.390 e. The van der Waals surface area contributed by atoms with Crippen LogP contribution in [0.3, 0.4) is 0 Å². The van der Waals surface area contributed by atoms with E-state index in [9.17, 15) is 4.79 Å². The van der Waals surface area contributed by atoms with E-state index >= 15 is 0 Å². The Bertz CT molecular complexity index is 1170. The molecule has 214 valence electrons. The molecule has 6 nitrogen and oxygen atoms in total. The summed E-state index contributed by atoms with van der Waals surface area (Å²) in [5.41, 5.74) is 3.03. The minimum absolute atomic E-state index is 0.0714. The molecule has 0 spiro atoms. The van der Waals surface area contributed by atoms with Crippen LogP contribution in [0.4, 0.5) is 0 Å². The van der Waals surface area contributed by atoms with E-state index in [2.05, 4.69) is 33.9 Å². The minimum Gasteiger partial charge on any atom is -0.390 e. The van der Waals surface area contributed by atoms with E-state index in [0.717, 1.165) is 23.0 Å². The molecule has 7 heteroatoms. The lowest BCUT2D eigenvalue weighted by molar-refractivity contribution is -0.298. The summed E-state index contributed by atoms with van der Waals surface area (Å²) in [6.07, 6.45) is -2.82. The van der Waals surface area contributed by atoms with Crippen molar-refractivity contribution in [1.29, 1.82) is 0 Å². The Balaban J connectivity index is 1.67. The molecule has 1 aliphatic rings. The molecule has 40 heavy (non-hydrogen) atoms. The second kappa shape index (κ2) is 13.8. The summed E-state index contributed by atoms with van der Waals surface area (Å²) in [5.74, 6) is 0. The number of aldehydes is 1. The van der Waals surface area contributed by atoms with Crippen LogP contribution in [-0.4, -0.2) is 45.3 Å². The molecule has 1 fully saturated rings. The summed E-state index contributed by atoms with van der Waals surface area (Å²) in [6, 6.07) is 29.8. The normalized spacial score (nSPS) is 23.6. The highest BCUT2D eigenvalue weighted by Gasteiger charge is 2.52. The van der Waals surface area contributed by atoms with Crippen molar-refractivity contribution in [3.63, 3.8) is 0 Å². The second-order valence-electron chi connectivity index (χ2n) is 11.8. The van der Waals surface area contributed by atoms with Crippen molar-refractivity contribution in [2.24, 2.45) is 0 Å². The van der Waals surface area contributed by atoms with Gasteiger partial charge in [-0.15, -0.1) is 0 Å². The Morgan fingerprint density at radius 1 is 0.675 bits per heavy atom. The fourth-order valence-corrected chi connectivity index (χ4v) is 5.49. The van der Waals surface area contributed by atoms with Gasteiger partial charge in [0.2, 0.25) is 0 Å². The molecule has 5 atom stereocenters. The molecule has 1 aliphatic heterocycles. The van der Waals surface area contributed by atoms with Gasteiger partial charge in [-0.2, -0.15) is 0 Å². The van der Waals surface area contributed by atoms with Crippen molar-refractivity contribution in [1.82, 2.24) is 0 Å². The standard InChI is InChI=1S/C33H42O6Si/c1-33(2,3)40(4,5)39-32-31(37-24-27-19-13-8-14-20-27)30(36-23-26-17-11-7-12-18-26)29(28(21-34)38-32)35-22-25-15-9-6-10-16-25/h6-21,28-32H,22-24H2,1-5H3/t28-,29-,30+,31-,32+/m1/s1. The summed E-state index contributed by atoms with van der Waals surface area (Å²) >= 11 is 0. The van der Waals surface area contributed by atoms with Crippen LogP contribution in [0.1, 0.15) is 37.5 Å². The van der Waals surface area contributed by atoms with Crippen molar-refractivity contribution < 1.29 is 28.2 Å². The predicted molar refractivity (Wildman–Crippen MR) is 158 cm³/mol. The maximum Gasteiger partial charge on any atom is 0.195 e. The van der Waals surface area contributed by atoms with Crippen molar-refractivity contribution in [3.05, 3.63) is 108 Å². The summed E-state index contributed by atoms with van der Waals surface area (Å²) in [4.78, 5) is 12.4. The van der Waals surface area contributed by atoms with E-state index in [1.54, 1.807) is 0 Å². The quantitative estimate of drug-likeness (QED) is 0.181. The number of hydrogen-bond donors (Lipinski definition) is 0. The maximum atomic E-state index is 12.4.